The fraction of sp³-hybridized carbons (Fsp3) is 0.419. The molecule has 2 fully saturated rings. The molecule has 0 amide bonds. The molecule has 10 atom stereocenters. The van der Waals surface area contributed by atoms with Crippen molar-refractivity contribution >= 4 is 5.97 Å². The lowest BCUT2D eigenvalue weighted by atomic mass is 9.95. The smallest absolute Gasteiger partial charge is 0.303 e. The quantitative estimate of drug-likeness (QED) is 0.134. The van der Waals surface area contributed by atoms with Gasteiger partial charge in [-0.3, -0.25) is 4.79 Å². The van der Waals surface area contributed by atoms with Crippen LogP contribution in [0.2, 0.25) is 0 Å². The molecular formula is C43H51NO10. The van der Waals surface area contributed by atoms with Gasteiger partial charge in [0.2, 0.25) is 0 Å². The summed E-state index contributed by atoms with van der Waals surface area (Å²) < 4.78 is 57.6. The predicted molar refractivity (Wildman–Crippen MR) is 200 cm³/mol. The third kappa shape index (κ3) is 10.8. The third-order valence-electron chi connectivity index (χ3n) is 9.50. The average Bonchev–Trinajstić information content (AvgIpc) is 3.20. The highest BCUT2D eigenvalue weighted by Gasteiger charge is 2.53. The standard InChI is InChI=1S/C43H51NO10/c1-29-37(48-25-32-18-10-5-11-19-32)40(49-26-33-20-12-6-13-21-33)41(50-27-34-22-14-7-15-23-34)43(51-29)54-38-35(28-47-24-31-16-8-4-9-17-31)53-42(46-3)36(44)39(38)52-30(2)45/h4-23,29,35-43H,24-28,44H2,1-3H3/t29-,35+,36+,37+,38+,39+,40+,41-,42-,43-/m0/s1. The Morgan fingerprint density at radius 1 is 0.593 bits per heavy atom. The molecule has 4 aromatic carbocycles. The van der Waals surface area contributed by atoms with Crippen molar-refractivity contribution in [3.8, 4) is 0 Å². The first-order valence-corrected chi connectivity index (χ1v) is 18.4. The van der Waals surface area contributed by atoms with Crippen LogP contribution in [0.15, 0.2) is 121 Å². The fourth-order valence-electron chi connectivity index (χ4n) is 6.78. The van der Waals surface area contributed by atoms with Gasteiger partial charge in [0.25, 0.3) is 0 Å². The molecule has 54 heavy (non-hydrogen) atoms. The summed E-state index contributed by atoms with van der Waals surface area (Å²) in [6.07, 6.45) is -7.15. The van der Waals surface area contributed by atoms with Crippen molar-refractivity contribution in [2.75, 3.05) is 13.7 Å². The van der Waals surface area contributed by atoms with Gasteiger partial charge < -0.3 is 48.4 Å². The van der Waals surface area contributed by atoms with E-state index in [0.29, 0.717) is 19.8 Å². The van der Waals surface area contributed by atoms with Gasteiger partial charge in [0.05, 0.1) is 45.2 Å². The topological polar surface area (TPSA) is 126 Å². The Morgan fingerprint density at radius 3 is 1.54 bits per heavy atom. The molecule has 2 aliphatic rings. The lowest BCUT2D eigenvalue weighted by molar-refractivity contribution is -0.356. The summed E-state index contributed by atoms with van der Waals surface area (Å²) in [5.41, 5.74) is 10.6. The van der Waals surface area contributed by atoms with Crippen LogP contribution in [-0.4, -0.2) is 81.0 Å². The highest BCUT2D eigenvalue weighted by molar-refractivity contribution is 5.66. The summed E-state index contributed by atoms with van der Waals surface area (Å²) in [7, 11) is 1.49. The molecule has 11 heteroatoms. The molecular weight excluding hydrogens is 690 g/mol. The molecule has 288 valence electrons. The first kappa shape index (κ1) is 39.7. The molecule has 2 aliphatic heterocycles. The number of hydrogen-bond donors (Lipinski definition) is 1. The van der Waals surface area contributed by atoms with Crippen LogP contribution in [0.25, 0.3) is 0 Å². The maximum Gasteiger partial charge on any atom is 0.303 e. The predicted octanol–water partition coefficient (Wildman–Crippen LogP) is 5.72. The Bertz CT molecular complexity index is 1670. The molecule has 2 heterocycles. The number of carbonyl (C=O) groups excluding carboxylic acids is 1. The largest absolute Gasteiger partial charge is 0.458 e. The van der Waals surface area contributed by atoms with Crippen LogP contribution in [0.3, 0.4) is 0 Å². The van der Waals surface area contributed by atoms with Crippen LogP contribution in [0.1, 0.15) is 36.1 Å². The van der Waals surface area contributed by atoms with E-state index in [4.69, 9.17) is 48.4 Å². The zero-order valence-electron chi connectivity index (χ0n) is 31.0. The summed E-state index contributed by atoms with van der Waals surface area (Å²) >= 11 is 0. The van der Waals surface area contributed by atoms with E-state index in [2.05, 4.69) is 0 Å². The van der Waals surface area contributed by atoms with Gasteiger partial charge in [-0.25, -0.2) is 0 Å². The molecule has 11 nitrogen and oxygen atoms in total. The number of carbonyl (C=O) groups is 1. The number of hydrogen-bond acceptors (Lipinski definition) is 11. The van der Waals surface area contributed by atoms with Gasteiger partial charge in [0.1, 0.15) is 30.5 Å². The van der Waals surface area contributed by atoms with Gasteiger partial charge in [0.15, 0.2) is 18.7 Å². The van der Waals surface area contributed by atoms with Gasteiger partial charge in [0, 0.05) is 14.0 Å². The second kappa shape index (κ2) is 20.1. The van der Waals surface area contributed by atoms with Gasteiger partial charge in [-0.05, 0) is 29.2 Å². The molecule has 0 unspecified atom stereocenters. The zero-order chi connectivity index (χ0) is 37.7. The van der Waals surface area contributed by atoms with Crippen LogP contribution in [-0.2, 0) is 73.9 Å². The summed E-state index contributed by atoms with van der Waals surface area (Å²) in [6, 6.07) is 38.6. The molecule has 4 aromatic rings. The number of ether oxygens (including phenoxy) is 9. The minimum absolute atomic E-state index is 0.0818. The minimum Gasteiger partial charge on any atom is -0.458 e. The monoisotopic (exact) mass is 741 g/mol. The van der Waals surface area contributed by atoms with Crippen LogP contribution >= 0.6 is 0 Å². The number of benzene rings is 4. The number of esters is 1. The van der Waals surface area contributed by atoms with Gasteiger partial charge in [-0.15, -0.1) is 0 Å². The Morgan fingerprint density at radius 2 is 1.06 bits per heavy atom. The molecule has 0 aliphatic carbocycles. The van der Waals surface area contributed by atoms with Crippen LogP contribution in [0.5, 0.6) is 0 Å². The SMILES string of the molecule is CO[C@H]1O[C@H](COCc2ccccc2)[C@@H](O[C@@H]2O[C@@H](C)[C@@H](OCc3ccccc3)[C@@H](OCc3ccccc3)[C@@H]2OCc2ccccc2)[C@H](OC(C)=O)[C@H]1N. The maximum absolute atomic E-state index is 12.5. The fourth-order valence-corrected chi connectivity index (χ4v) is 6.78. The lowest BCUT2D eigenvalue weighted by Crippen LogP contribution is -2.67. The summed E-state index contributed by atoms with van der Waals surface area (Å²) in [5.74, 6) is -0.530. The average molecular weight is 742 g/mol. The molecule has 2 saturated heterocycles. The van der Waals surface area contributed by atoms with Gasteiger partial charge in [-0.1, -0.05) is 121 Å². The van der Waals surface area contributed by atoms with Crippen molar-refractivity contribution in [2.24, 2.45) is 5.73 Å². The normalized spacial score (nSPS) is 28.4. The van der Waals surface area contributed by atoms with E-state index in [1.54, 1.807) is 0 Å². The third-order valence-corrected chi connectivity index (χ3v) is 9.50. The molecule has 0 radical (unpaired) electrons. The first-order valence-electron chi connectivity index (χ1n) is 18.4. The molecule has 2 N–H and O–H groups in total. The lowest BCUT2D eigenvalue weighted by Gasteiger charge is -2.49. The molecule has 6 rings (SSSR count). The van der Waals surface area contributed by atoms with Gasteiger partial charge in [-0.2, -0.15) is 0 Å². The van der Waals surface area contributed by atoms with Crippen molar-refractivity contribution in [3.63, 3.8) is 0 Å². The Balaban J connectivity index is 1.31. The van der Waals surface area contributed by atoms with E-state index in [1.807, 2.05) is 128 Å². The van der Waals surface area contributed by atoms with Crippen LogP contribution < -0.4 is 5.73 Å². The van der Waals surface area contributed by atoms with Crippen molar-refractivity contribution in [1.82, 2.24) is 0 Å². The second-order valence-electron chi connectivity index (χ2n) is 13.5. The summed E-state index contributed by atoms with van der Waals surface area (Å²) in [5, 5.41) is 0. The zero-order valence-corrected chi connectivity index (χ0v) is 31.0. The minimum atomic E-state index is -1.03. The number of nitrogens with two attached hydrogens (primary N) is 1. The Hall–Kier alpha value is -4.01. The van der Waals surface area contributed by atoms with Crippen molar-refractivity contribution in [2.45, 2.75) is 102 Å². The van der Waals surface area contributed by atoms with Crippen LogP contribution in [0.4, 0.5) is 0 Å². The van der Waals surface area contributed by atoms with E-state index in [1.165, 1.54) is 14.0 Å². The number of methoxy groups -OCH3 is 1. The summed E-state index contributed by atoms with van der Waals surface area (Å²) in [4.78, 5) is 12.5. The molecule has 0 bridgehead atoms. The second-order valence-corrected chi connectivity index (χ2v) is 13.5. The Kier molecular flexibility index (Phi) is 14.7. The van der Waals surface area contributed by atoms with E-state index in [-0.39, 0.29) is 13.2 Å². The van der Waals surface area contributed by atoms with E-state index >= 15 is 0 Å². The van der Waals surface area contributed by atoms with E-state index in [9.17, 15) is 4.79 Å². The molecule has 0 saturated carbocycles. The first-order chi connectivity index (χ1) is 26.4. The van der Waals surface area contributed by atoms with Gasteiger partial charge >= 0.3 is 5.97 Å². The van der Waals surface area contributed by atoms with Crippen molar-refractivity contribution in [1.29, 1.82) is 0 Å². The maximum atomic E-state index is 12.5. The van der Waals surface area contributed by atoms with E-state index < -0.39 is 67.3 Å². The summed E-state index contributed by atoms with van der Waals surface area (Å²) in [6.45, 7) is 4.52. The number of rotatable bonds is 17. The van der Waals surface area contributed by atoms with Crippen LogP contribution in [0, 0.1) is 0 Å². The Labute approximate surface area is 317 Å². The van der Waals surface area contributed by atoms with Crippen molar-refractivity contribution in [3.05, 3.63) is 144 Å². The van der Waals surface area contributed by atoms with Crippen molar-refractivity contribution < 1.29 is 47.4 Å². The molecule has 0 aromatic heterocycles. The van der Waals surface area contributed by atoms with E-state index in [0.717, 1.165) is 22.3 Å². The highest BCUT2D eigenvalue weighted by Crippen LogP contribution is 2.35. The molecule has 0 spiro atoms. The highest BCUT2D eigenvalue weighted by atomic mass is 16.8.